The van der Waals surface area contributed by atoms with E-state index in [1.807, 2.05) is 12.2 Å². The van der Waals surface area contributed by atoms with Crippen LogP contribution in [0.15, 0.2) is 146 Å². The van der Waals surface area contributed by atoms with Crippen molar-refractivity contribution < 1.29 is 23.8 Å². The Bertz CT molecular complexity index is 1410. The van der Waals surface area contributed by atoms with Gasteiger partial charge in [-0.1, -0.05) is 212 Å². The van der Waals surface area contributed by atoms with Crippen LogP contribution in [0.25, 0.3) is 0 Å². The van der Waals surface area contributed by atoms with Crippen molar-refractivity contribution in [1.82, 2.24) is 0 Å². The lowest BCUT2D eigenvalue weighted by molar-refractivity contribution is -0.162. The summed E-state index contributed by atoms with van der Waals surface area (Å²) in [6.07, 6.45) is 77.6. The van der Waals surface area contributed by atoms with E-state index in [2.05, 4.69) is 154 Å². The number of rotatable bonds is 44. The van der Waals surface area contributed by atoms with Crippen molar-refractivity contribution in [2.24, 2.45) is 0 Å². The van der Waals surface area contributed by atoms with E-state index >= 15 is 0 Å². The van der Waals surface area contributed by atoms with Gasteiger partial charge < -0.3 is 14.2 Å². The number of esters is 2. The summed E-state index contributed by atoms with van der Waals surface area (Å²) in [5.74, 6) is -0.606. The van der Waals surface area contributed by atoms with Gasteiger partial charge in [0.05, 0.1) is 19.6 Å². The molecule has 0 aliphatic carbocycles. The average Bonchev–Trinajstić information content (AvgIpc) is 3.30. The molecule has 0 aromatic carbocycles. The molecular formula is C59H92O5. The Morgan fingerprint density at radius 2 is 0.750 bits per heavy atom. The maximum atomic E-state index is 12.7. The Hall–Kier alpha value is -4.22. The summed E-state index contributed by atoms with van der Waals surface area (Å²) in [4.78, 5) is 25.3. The summed E-state index contributed by atoms with van der Waals surface area (Å²) >= 11 is 0. The quantitative estimate of drug-likeness (QED) is 0.0347. The second kappa shape index (κ2) is 53.1. The van der Waals surface area contributed by atoms with Crippen molar-refractivity contribution in [3.05, 3.63) is 146 Å². The molecular weight excluding hydrogens is 789 g/mol. The van der Waals surface area contributed by atoms with Gasteiger partial charge in [0.25, 0.3) is 0 Å². The molecule has 0 saturated heterocycles. The molecule has 0 aromatic heterocycles. The lowest BCUT2D eigenvalue weighted by Crippen LogP contribution is -2.29. The van der Waals surface area contributed by atoms with Crippen LogP contribution in [0.2, 0.25) is 0 Å². The topological polar surface area (TPSA) is 61.8 Å². The Morgan fingerprint density at radius 3 is 1.20 bits per heavy atom. The monoisotopic (exact) mass is 881 g/mol. The number of allylic oxidation sites excluding steroid dienone is 22. The fraction of sp³-hybridized carbons (Fsp3) is 0.559. The fourth-order valence-corrected chi connectivity index (χ4v) is 6.21. The highest BCUT2D eigenvalue weighted by molar-refractivity contribution is 5.71. The number of carbonyl (C=O) groups excluding carboxylic acids is 2. The van der Waals surface area contributed by atoms with Crippen LogP contribution in [-0.4, -0.2) is 37.9 Å². The summed E-state index contributed by atoms with van der Waals surface area (Å²) < 4.78 is 17.2. The third-order valence-corrected chi connectivity index (χ3v) is 9.89. The molecule has 0 rings (SSSR count). The normalized spacial score (nSPS) is 13.5. The average molecular weight is 881 g/mol. The Kier molecular flexibility index (Phi) is 49.6. The highest BCUT2D eigenvalue weighted by Gasteiger charge is 2.17. The molecule has 0 heterocycles. The van der Waals surface area contributed by atoms with Gasteiger partial charge in [-0.15, -0.1) is 0 Å². The van der Waals surface area contributed by atoms with E-state index in [1.54, 1.807) is 0 Å². The molecule has 0 bridgehead atoms. The summed E-state index contributed by atoms with van der Waals surface area (Å²) in [6.45, 7) is 7.22. The Labute approximate surface area is 393 Å². The molecule has 358 valence electrons. The van der Waals surface area contributed by atoms with Gasteiger partial charge >= 0.3 is 11.9 Å². The molecule has 0 radical (unpaired) electrons. The fourth-order valence-electron chi connectivity index (χ4n) is 6.21. The van der Waals surface area contributed by atoms with Crippen molar-refractivity contribution in [3.8, 4) is 0 Å². The van der Waals surface area contributed by atoms with Crippen LogP contribution in [0.5, 0.6) is 0 Å². The number of hydrogen-bond donors (Lipinski definition) is 0. The van der Waals surface area contributed by atoms with E-state index in [0.29, 0.717) is 13.0 Å². The second-order valence-corrected chi connectivity index (χ2v) is 16.0. The van der Waals surface area contributed by atoms with Crippen molar-refractivity contribution in [2.45, 2.75) is 194 Å². The highest BCUT2D eigenvalue weighted by Crippen LogP contribution is 2.11. The third-order valence-electron chi connectivity index (χ3n) is 9.89. The first-order valence-electron chi connectivity index (χ1n) is 25.4. The van der Waals surface area contributed by atoms with Crippen LogP contribution >= 0.6 is 0 Å². The van der Waals surface area contributed by atoms with Crippen LogP contribution in [0.4, 0.5) is 0 Å². The first kappa shape index (κ1) is 59.8. The summed E-state index contributed by atoms with van der Waals surface area (Å²) in [7, 11) is 0. The minimum absolute atomic E-state index is 0.00159. The van der Waals surface area contributed by atoms with Gasteiger partial charge in [0, 0.05) is 6.42 Å². The van der Waals surface area contributed by atoms with Crippen LogP contribution in [0.1, 0.15) is 188 Å². The molecule has 1 atom stereocenters. The van der Waals surface area contributed by atoms with Gasteiger partial charge in [-0.3, -0.25) is 9.59 Å². The van der Waals surface area contributed by atoms with Crippen LogP contribution in [0.3, 0.4) is 0 Å². The van der Waals surface area contributed by atoms with Gasteiger partial charge in [0.15, 0.2) is 6.10 Å². The van der Waals surface area contributed by atoms with Gasteiger partial charge in [0.2, 0.25) is 0 Å². The molecule has 0 aromatic rings. The van der Waals surface area contributed by atoms with E-state index in [1.165, 1.54) is 51.4 Å². The maximum absolute atomic E-state index is 12.7. The third kappa shape index (κ3) is 50.4. The zero-order valence-corrected chi connectivity index (χ0v) is 41.0. The number of hydrogen-bond acceptors (Lipinski definition) is 5. The molecule has 64 heavy (non-hydrogen) atoms. The minimum Gasteiger partial charge on any atom is -0.462 e. The molecule has 5 nitrogen and oxygen atoms in total. The minimum atomic E-state index is -0.644. The lowest BCUT2D eigenvalue weighted by Gasteiger charge is -2.18. The second-order valence-electron chi connectivity index (χ2n) is 16.0. The van der Waals surface area contributed by atoms with Crippen molar-refractivity contribution >= 4 is 11.9 Å². The maximum Gasteiger partial charge on any atom is 0.310 e. The van der Waals surface area contributed by atoms with Crippen molar-refractivity contribution in [3.63, 3.8) is 0 Å². The van der Waals surface area contributed by atoms with Gasteiger partial charge in [-0.25, -0.2) is 0 Å². The predicted molar refractivity (Wildman–Crippen MR) is 278 cm³/mol. The van der Waals surface area contributed by atoms with E-state index < -0.39 is 6.10 Å². The molecule has 0 fully saturated rings. The zero-order valence-electron chi connectivity index (χ0n) is 41.0. The lowest BCUT2D eigenvalue weighted by atomic mass is 10.1. The molecule has 0 amide bonds. The smallest absolute Gasteiger partial charge is 0.310 e. The SMILES string of the molecule is CC/C=C\C/C=C\C/C=C\C/C=C\C/C=C\CCOCC(COC(=O)CCCCCCCCC/C=C\C/C=C\CCCCC)OC(=O)C/C=C\C/C=C\C/C=C\C/C=C\C/C=C\CC. The van der Waals surface area contributed by atoms with Gasteiger partial charge in [-0.2, -0.15) is 0 Å². The standard InChI is InChI=1S/C59H92O5/c1-4-7-10-13-16-19-22-25-28-30-32-34-37-40-43-46-49-52-58(60)63-56-57(55-62-54-51-48-45-42-39-36-33-29-26-23-20-17-14-11-8-5-2)64-59(61)53-50-47-44-41-38-35-31-27-24-21-18-15-12-9-6-3/h8-9,11-12,16-21,25-29,31,36,38-39,41,45,47-48,50,57H,4-7,10,13-15,22-24,30,32-35,37,40,42-44,46,49,51-56H2,1-3H3/b11-8-,12-9-,19-16-,20-17-,21-18-,28-25-,29-26-,31-27-,39-36-,41-38-,48-45-,50-47-. The zero-order chi connectivity index (χ0) is 46.3. The predicted octanol–water partition coefficient (Wildman–Crippen LogP) is 17.3. The van der Waals surface area contributed by atoms with Crippen LogP contribution in [0, 0.1) is 0 Å². The van der Waals surface area contributed by atoms with E-state index in [9.17, 15) is 9.59 Å². The van der Waals surface area contributed by atoms with Gasteiger partial charge in [-0.05, 0) is 109 Å². The molecule has 0 spiro atoms. The van der Waals surface area contributed by atoms with Gasteiger partial charge in [0.1, 0.15) is 6.61 Å². The first-order valence-corrected chi connectivity index (χ1v) is 25.4. The molecule has 0 saturated carbocycles. The molecule has 1 unspecified atom stereocenters. The van der Waals surface area contributed by atoms with E-state index in [4.69, 9.17) is 14.2 Å². The molecule has 0 N–H and O–H groups in total. The largest absolute Gasteiger partial charge is 0.462 e. The summed E-state index contributed by atoms with van der Waals surface area (Å²) in [5.41, 5.74) is 0. The van der Waals surface area contributed by atoms with E-state index in [0.717, 1.165) is 103 Å². The summed E-state index contributed by atoms with van der Waals surface area (Å²) in [6, 6.07) is 0. The Morgan fingerprint density at radius 1 is 0.375 bits per heavy atom. The molecule has 5 heteroatoms. The number of carbonyl (C=O) groups is 2. The Balaban J connectivity index is 4.54. The van der Waals surface area contributed by atoms with E-state index in [-0.39, 0.29) is 31.6 Å². The van der Waals surface area contributed by atoms with Crippen molar-refractivity contribution in [2.75, 3.05) is 19.8 Å². The van der Waals surface area contributed by atoms with Crippen molar-refractivity contribution in [1.29, 1.82) is 0 Å². The summed E-state index contributed by atoms with van der Waals surface area (Å²) in [5, 5.41) is 0. The molecule has 0 aliphatic heterocycles. The van der Waals surface area contributed by atoms with Crippen LogP contribution in [-0.2, 0) is 23.8 Å². The molecule has 0 aliphatic rings. The first-order chi connectivity index (χ1) is 31.6. The highest BCUT2D eigenvalue weighted by atomic mass is 16.6. The number of ether oxygens (including phenoxy) is 3. The number of unbranched alkanes of at least 4 members (excludes halogenated alkanes) is 10. The van der Waals surface area contributed by atoms with Crippen LogP contribution < -0.4 is 0 Å².